The highest BCUT2D eigenvalue weighted by molar-refractivity contribution is 7.12. The maximum Gasteiger partial charge on any atom is 0.265 e. The standard InChI is InChI=1S/C24H26N2O5S/c27-18-3-6-21(22(28)11-18)26-13-20-17(15-32-23(20)24(26)29)14-31-19-4-1-16(2-5-19)12-25-7-9-30-10-8-25/h1-2,4-5,15,21H,3,6-14H2/t21-/m0/s1. The number of thiophene rings is 1. The summed E-state index contributed by atoms with van der Waals surface area (Å²) in [5.74, 6) is 0.520. The van der Waals surface area contributed by atoms with Crippen molar-refractivity contribution in [2.75, 3.05) is 26.3 Å². The molecule has 0 bridgehead atoms. The molecule has 2 aliphatic heterocycles. The predicted molar refractivity (Wildman–Crippen MR) is 119 cm³/mol. The predicted octanol–water partition coefficient (Wildman–Crippen LogP) is 2.81. The molecule has 0 N–H and O–H groups in total. The Morgan fingerprint density at radius 1 is 1.09 bits per heavy atom. The van der Waals surface area contributed by atoms with Gasteiger partial charge in [-0.3, -0.25) is 19.3 Å². The van der Waals surface area contributed by atoms with E-state index in [9.17, 15) is 14.4 Å². The van der Waals surface area contributed by atoms with Gasteiger partial charge in [-0.15, -0.1) is 11.3 Å². The molecule has 1 atom stereocenters. The van der Waals surface area contributed by atoms with Gasteiger partial charge in [-0.25, -0.2) is 0 Å². The number of carbonyl (C=O) groups is 3. The first-order valence-electron chi connectivity index (χ1n) is 11.0. The number of nitrogens with zero attached hydrogens (tertiary/aromatic N) is 2. The zero-order valence-corrected chi connectivity index (χ0v) is 18.7. The van der Waals surface area contributed by atoms with Crippen molar-refractivity contribution in [2.45, 2.75) is 45.0 Å². The van der Waals surface area contributed by atoms with Gasteiger partial charge in [-0.05, 0) is 29.5 Å². The maximum absolute atomic E-state index is 12.9. The second kappa shape index (κ2) is 9.13. The van der Waals surface area contributed by atoms with Crippen LogP contribution in [-0.2, 0) is 34.0 Å². The maximum atomic E-state index is 12.9. The third kappa shape index (κ3) is 4.35. The van der Waals surface area contributed by atoms with E-state index in [0.29, 0.717) is 30.9 Å². The minimum Gasteiger partial charge on any atom is -0.489 e. The van der Waals surface area contributed by atoms with Crippen molar-refractivity contribution in [1.82, 2.24) is 9.80 Å². The van der Waals surface area contributed by atoms with E-state index in [-0.39, 0.29) is 23.9 Å². The molecule has 1 amide bonds. The quantitative estimate of drug-likeness (QED) is 0.625. The van der Waals surface area contributed by atoms with E-state index in [1.807, 2.05) is 17.5 Å². The molecule has 1 saturated heterocycles. The molecule has 0 spiro atoms. The van der Waals surface area contributed by atoms with Crippen molar-refractivity contribution in [1.29, 1.82) is 0 Å². The lowest BCUT2D eigenvalue weighted by molar-refractivity contribution is -0.133. The molecule has 5 rings (SSSR count). The van der Waals surface area contributed by atoms with Crippen molar-refractivity contribution in [3.8, 4) is 5.75 Å². The first-order chi connectivity index (χ1) is 15.6. The van der Waals surface area contributed by atoms with Crippen LogP contribution in [0.3, 0.4) is 0 Å². The van der Waals surface area contributed by atoms with Crippen LogP contribution in [0.4, 0.5) is 0 Å². The molecule has 1 aliphatic carbocycles. The van der Waals surface area contributed by atoms with Gasteiger partial charge in [0.15, 0.2) is 5.78 Å². The highest BCUT2D eigenvalue weighted by Gasteiger charge is 2.40. The molecule has 32 heavy (non-hydrogen) atoms. The van der Waals surface area contributed by atoms with Gasteiger partial charge in [0.25, 0.3) is 5.91 Å². The zero-order valence-electron chi connectivity index (χ0n) is 17.9. The average molecular weight is 455 g/mol. The Balaban J connectivity index is 1.19. The van der Waals surface area contributed by atoms with Crippen molar-refractivity contribution in [3.05, 3.63) is 51.2 Å². The summed E-state index contributed by atoms with van der Waals surface area (Å²) in [4.78, 5) is 41.4. The van der Waals surface area contributed by atoms with E-state index in [2.05, 4.69) is 17.0 Å². The fraction of sp³-hybridized carbons (Fsp3) is 0.458. The van der Waals surface area contributed by atoms with Crippen LogP contribution < -0.4 is 4.74 Å². The van der Waals surface area contributed by atoms with Gasteiger partial charge in [0.05, 0.1) is 30.6 Å². The van der Waals surface area contributed by atoms with Crippen LogP contribution in [-0.4, -0.2) is 59.6 Å². The topological polar surface area (TPSA) is 76.2 Å². The first-order valence-corrected chi connectivity index (χ1v) is 11.9. The zero-order chi connectivity index (χ0) is 22.1. The van der Waals surface area contributed by atoms with Gasteiger partial charge in [-0.2, -0.15) is 0 Å². The van der Waals surface area contributed by atoms with Crippen LogP contribution in [0.15, 0.2) is 29.6 Å². The number of rotatable bonds is 6. The molecule has 1 aromatic heterocycles. The van der Waals surface area contributed by atoms with E-state index >= 15 is 0 Å². The number of morpholine rings is 1. The molecule has 7 nitrogen and oxygen atoms in total. The Morgan fingerprint density at radius 3 is 2.62 bits per heavy atom. The lowest BCUT2D eigenvalue weighted by atomic mass is 9.92. The van der Waals surface area contributed by atoms with E-state index < -0.39 is 6.04 Å². The summed E-state index contributed by atoms with van der Waals surface area (Å²) in [7, 11) is 0. The fourth-order valence-corrected chi connectivity index (χ4v) is 5.60. The van der Waals surface area contributed by atoms with Crippen molar-refractivity contribution in [3.63, 3.8) is 0 Å². The number of ether oxygens (including phenoxy) is 2. The SMILES string of the molecule is O=C1CC[C@H](N2Cc3c(COc4ccc(CN5CCOCC5)cc4)csc3C2=O)C(=O)C1. The highest BCUT2D eigenvalue weighted by Crippen LogP contribution is 2.35. The van der Waals surface area contributed by atoms with Crippen molar-refractivity contribution >= 4 is 28.8 Å². The molecule has 0 unspecified atom stereocenters. The van der Waals surface area contributed by atoms with Crippen LogP contribution in [0.1, 0.15) is 45.6 Å². The molecule has 3 heterocycles. The van der Waals surface area contributed by atoms with Crippen molar-refractivity contribution in [2.24, 2.45) is 0 Å². The number of fused-ring (bicyclic) bond motifs is 1. The van der Waals surface area contributed by atoms with Crippen LogP contribution in [0.25, 0.3) is 0 Å². The second-order valence-corrected chi connectivity index (χ2v) is 9.44. The first kappa shape index (κ1) is 21.3. The number of amides is 1. The van der Waals surface area contributed by atoms with E-state index in [1.165, 1.54) is 16.9 Å². The molecule has 2 fully saturated rings. The lowest BCUT2D eigenvalue weighted by Gasteiger charge is -2.29. The Hall–Kier alpha value is -2.55. The summed E-state index contributed by atoms with van der Waals surface area (Å²) >= 11 is 1.41. The number of carbonyl (C=O) groups excluding carboxylic acids is 3. The molecular formula is C24H26N2O5S. The minimum absolute atomic E-state index is 0.0299. The molecule has 2 aromatic rings. The Kier molecular flexibility index (Phi) is 6.08. The molecule has 0 radical (unpaired) electrons. The van der Waals surface area contributed by atoms with Crippen LogP contribution >= 0.6 is 11.3 Å². The number of Topliss-reactive ketones (excluding diaryl/α,β-unsaturated/α-hetero) is 2. The number of ketones is 2. The average Bonchev–Trinajstić information content (AvgIpc) is 3.34. The van der Waals surface area contributed by atoms with Gasteiger partial charge in [0, 0.05) is 43.7 Å². The van der Waals surface area contributed by atoms with Gasteiger partial charge in [0.1, 0.15) is 18.1 Å². The summed E-state index contributed by atoms with van der Waals surface area (Å²) in [5, 5.41) is 1.97. The molecule has 3 aliphatic rings. The summed E-state index contributed by atoms with van der Waals surface area (Å²) in [6.45, 7) is 5.20. The Morgan fingerprint density at radius 2 is 1.88 bits per heavy atom. The monoisotopic (exact) mass is 454 g/mol. The number of benzene rings is 1. The summed E-state index contributed by atoms with van der Waals surface area (Å²) in [5.41, 5.74) is 3.18. The van der Waals surface area contributed by atoms with Crippen LogP contribution in [0.2, 0.25) is 0 Å². The lowest BCUT2D eigenvalue weighted by Crippen LogP contribution is -2.44. The molecule has 1 aromatic carbocycles. The minimum atomic E-state index is -0.479. The molecular weight excluding hydrogens is 428 g/mol. The van der Waals surface area contributed by atoms with E-state index in [4.69, 9.17) is 9.47 Å². The van der Waals surface area contributed by atoms with E-state index in [1.54, 1.807) is 4.90 Å². The van der Waals surface area contributed by atoms with Crippen molar-refractivity contribution < 1.29 is 23.9 Å². The smallest absolute Gasteiger partial charge is 0.265 e. The normalized spacial score (nSPS) is 21.8. The Labute approximate surface area is 190 Å². The second-order valence-electron chi connectivity index (χ2n) is 8.56. The summed E-state index contributed by atoms with van der Waals surface area (Å²) in [6, 6.07) is 7.66. The van der Waals surface area contributed by atoms with Crippen LogP contribution in [0.5, 0.6) is 5.75 Å². The van der Waals surface area contributed by atoms with E-state index in [0.717, 1.165) is 49.7 Å². The van der Waals surface area contributed by atoms with Gasteiger partial charge in [0.2, 0.25) is 0 Å². The summed E-state index contributed by atoms with van der Waals surface area (Å²) in [6.07, 6.45) is 0.742. The van der Waals surface area contributed by atoms with Gasteiger partial charge < -0.3 is 14.4 Å². The third-order valence-electron chi connectivity index (χ3n) is 6.41. The highest BCUT2D eigenvalue weighted by atomic mass is 32.1. The largest absolute Gasteiger partial charge is 0.489 e. The fourth-order valence-electron chi connectivity index (χ4n) is 4.57. The van der Waals surface area contributed by atoms with Crippen LogP contribution in [0, 0.1) is 0 Å². The number of hydrogen-bond donors (Lipinski definition) is 0. The number of hydrogen-bond acceptors (Lipinski definition) is 7. The molecule has 168 valence electrons. The Bertz CT molecular complexity index is 1030. The molecule has 8 heteroatoms. The summed E-state index contributed by atoms with van der Waals surface area (Å²) < 4.78 is 11.4. The molecule has 1 saturated carbocycles. The van der Waals surface area contributed by atoms with Gasteiger partial charge >= 0.3 is 0 Å². The third-order valence-corrected chi connectivity index (χ3v) is 7.47. The van der Waals surface area contributed by atoms with Gasteiger partial charge in [-0.1, -0.05) is 12.1 Å².